The maximum atomic E-state index is 12.3. The molecule has 2 aliphatic rings. The molecule has 7 nitrogen and oxygen atoms in total. The number of aromatic nitrogens is 2. The smallest absolute Gasteiger partial charge is 0.393 e. The number of H-pyrrole nitrogens is 1. The van der Waals surface area contributed by atoms with Crippen LogP contribution in [0.15, 0.2) is 9.21 Å². The van der Waals surface area contributed by atoms with Gasteiger partial charge in [0.2, 0.25) is 11.8 Å². The number of carbonyl (C=O) groups is 1. The first-order valence-electron chi connectivity index (χ1n) is 7.64. The summed E-state index contributed by atoms with van der Waals surface area (Å²) in [4.78, 5) is 25.1. The van der Waals surface area contributed by atoms with Crippen LogP contribution in [-0.4, -0.2) is 45.3 Å². The molecule has 0 bridgehead atoms. The van der Waals surface area contributed by atoms with Crippen LogP contribution < -0.4 is 5.76 Å². The zero-order valence-electron chi connectivity index (χ0n) is 12.0. The Morgan fingerprint density at radius 1 is 1.33 bits per heavy atom. The molecule has 2 fully saturated rings. The van der Waals surface area contributed by atoms with Gasteiger partial charge in [-0.2, -0.15) is 0 Å². The van der Waals surface area contributed by atoms with E-state index < -0.39 is 5.76 Å². The Labute approximate surface area is 122 Å². The Hall–Kier alpha value is -1.63. The number of amides is 1. The van der Waals surface area contributed by atoms with Crippen LogP contribution in [0.25, 0.3) is 0 Å². The molecule has 1 aromatic heterocycles. The van der Waals surface area contributed by atoms with Gasteiger partial charge < -0.3 is 14.4 Å². The van der Waals surface area contributed by atoms with Gasteiger partial charge in [-0.1, -0.05) is 6.42 Å². The Bertz CT molecular complexity index is 544. The molecule has 1 aromatic rings. The summed E-state index contributed by atoms with van der Waals surface area (Å²) in [6.07, 6.45) is 4.42. The molecule has 1 saturated heterocycles. The predicted molar refractivity (Wildman–Crippen MR) is 73.6 cm³/mol. The van der Waals surface area contributed by atoms with Crippen LogP contribution in [0.5, 0.6) is 0 Å². The van der Waals surface area contributed by atoms with E-state index in [0.29, 0.717) is 25.4 Å². The molecule has 1 aliphatic heterocycles. The van der Waals surface area contributed by atoms with Gasteiger partial charge in [-0.05, 0) is 31.6 Å². The lowest BCUT2D eigenvalue weighted by atomic mass is 9.95. The second kappa shape index (κ2) is 6.01. The van der Waals surface area contributed by atoms with Gasteiger partial charge in [0.15, 0.2) is 0 Å². The molecule has 21 heavy (non-hydrogen) atoms. The largest absolute Gasteiger partial charge is 0.434 e. The van der Waals surface area contributed by atoms with Crippen LogP contribution in [0.4, 0.5) is 0 Å². The fraction of sp³-hybridized carbons (Fsp3) is 0.786. The summed E-state index contributed by atoms with van der Waals surface area (Å²) >= 11 is 0. The fourth-order valence-corrected chi connectivity index (χ4v) is 3.40. The number of nitrogens with zero attached hydrogens (tertiary/aromatic N) is 2. The Balaban J connectivity index is 1.51. The van der Waals surface area contributed by atoms with Crippen LogP contribution in [-0.2, 0) is 4.79 Å². The van der Waals surface area contributed by atoms with E-state index in [1.165, 1.54) is 0 Å². The molecular weight excluding hydrogens is 274 g/mol. The number of aliphatic hydroxyl groups is 1. The molecule has 0 radical (unpaired) electrons. The van der Waals surface area contributed by atoms with Gasteiger partial charge in [-0.25, -0.2) is 9.89 Å². The van der Waals surface area contributed by atoms with Crippen molar-refractivity contribution in [1.29, 1.82) is 0 Å². The van der Waals surface area contributed by atoms with Gasteiger partial charge in [0.25, 0.3) is 0 Å². The summed E-state index contributed by atoms with van der Waals surface area (Å²) in [5.74, 6) is 0.268. The van der Waals surface area contributed by atoms with Gasteiger partial charge in [-0.15, -0.1) is 5.10 Å². The number of likely N-dealkylation sites (tertiary alicyclic amines) is 1. The maximum absolute atomic E-state index is 12.3. The second-order valence-electron chi connectivity index (χ2n) is 6.07. The highest BCUT2D eigenvalue weighted by atomic mass is 16.4. The molecule has 2 atom stereocenters. The monoisotopic (exact) mass is 295 g/mol. The van der Waals surface area contributed by atoms with E-state index in [1.807, 2.05) is 4.90 Å². The number of hydrogen-bond donors (Lipinski definition) is 2. The molecule has 0 spiro atoms. The number of aliphatic hydroxyl groups excluding tert-OH is 1. The first-order chi connectivity index (χ1) is 10.1. The van der Waals surface area contributed by atoms with Crippen molar-refractivity contribution in [3.63, 3.8) is 0 Å². The van der Waals surface area contributed by atoms with Gasteiger partial charge in [0.1, 0.15) is 0 Å². The molecule has 1 aliphatic carbocycles. The van der Waals surface area contributed by atoms with Gasteiger partial charge in [-0.3, -0.25) is 4.79 Å². The maximum Gasteiger partial charge on any atom is 0.434 e. The van der Waals surface area contributed by atoms with Crippen LogP contribution >= 0.6 is 0 Å². The Kier molecular flexibility index (Phi) is 4.10. The van der Waals surface area contributed by atoms with Crippen LogP contribution in [0.2, 0.25) is 0 Å². The van der Waals surface area contributed by atoms with Crippen molar-refractivity contribution in [2.75, 3.05) is 13.1 Å². The number of piperidine rings is 1. The van der Waals surface area contributed by atoms with Gasteiger partial charge >= 0.3 is 5.76 Å². The molecule has 7 heteroatoms. The van der Waals surface area contributed by atoms with E-state index in [2.05, 4.69) is 10.2 Å². The average Bonchev–Trinajstić information content (AvgIpc) is 3.08. The molecule has 0 aromatic carbocycles. The van der Waals surface area contributed by atoms with E-state index in [9.17, 15) is 14.7 Å². The van der Waals surface area contributed by atoms with Crippen molar-refractivity contribution in [1.82, 2.24) is 15.1 Å². The molecule has 3 rings (SSSR count). The van der Waals surface area contributed by atoms with E-state index in [0.717, 1.165) is 32.1 Å². The summed E-state index contributed by atoms with van der Waals surface area (Å²) in [6, 6.07) is 0. The normalized spacial score (nSPS) is 27.2. The molecule has 116 valence electrons. The summed E-state index contributed by atoms with van der Waals surface area (Å²) < 4.78 is 4.98. The minimum atomic E-state index is -0.529. The highest BCUT2D eigenvalue weighted by Crippen LogP contribution is 2.30. The van der Waals surface area contributed by atoms with Gasteiger partial charge in [0.05, 0.1) is 6.10 Å². The van der Waals surface area contributed by atoms with E-state index in [4.69, 9.17) is 4.42 Å². The SMILES string of the molecule is O=C(C[C@@H]1CCC[C@H]1O)N1CCC(c2n[nH]c(=O)o2)CC1. The zero-order chi connectivity index (χ0) is 14.8. The molecule has 2 heterocycles. The molecular formula is C14H21N3O4. The number of carbonyl (C=O) groups excluding carboxylic acids is 1. The van der Waals surface area contributed by atoms with E-state index >= 15 is 0 Å². The summed E-state index contributed by atoms with van der Waals surface area (Å²) in [5.41, 5.74) is 0. The molecule has 2 N–H and O–H groups in total. The minimum absolute atomic E-state index is 0.102. The molecule has 1 amide bonds. The summed E-state index contributed by atoms with van der Waals surface area (Å²) in [5, 5.41) is 15.9. The number of nitrogens with one attached hydrogen (secondary N) is 1. The average molecular weight is 295 g/mol. The standard InChI is InChI=1S/C14H21N3O4/c18-11-3-1-2-10(11)8-12(19)17-6-4-9(5-7-17)13-15-16-14(20)21-13/h9-11,18H,1-8H2,(H,16,20)/t10-,11+/m0/s1. The van der Waals surface area contributed by atoms with Gasteiger partial charge in [0, 0.05) is 25.4 Å². The highest BCUT2D eigenvalue weighted by Gasteiger charge is 2.31. The summed E-state index contributed by atoms with van der Waals surface area (Å²) in [7, 11) is 0. The first kappa shape index (κ1) is 14.3. The Morgan fingerprint density at radius 3 is 2.67 bits per heavy atom. The van der Waals surface area contributed by atoms with Crippen molar-refractivity contribution in [3.05, 3.63) is 16.4 Å². The van der Waals surface area contributed by atoms with E-state index in [-0.39, 0.29) is 23.8 Å². The van der Waals surface area contributed by atoms with Crippen molar-refractivity contribution in [2.45, 2.75) is 50.5 Å². The Morgan fingerprint density at radius 2 is 2.10 bits per heavy atom. The molecule has 0 unspecified atom stereocenters. The predicted octanol–water partition coefficient (Wildman–Crippen LogP) is 0.620. The highest BCUT2D eigenvalue weighted by molar-refractivity contribution is 5.76. The van der Waals surface area contributed by atoms with Crippen molar-refractivity contribution < 1.29 is 14.3 Å². The molecule has 1 saturated carbocycles. The lowest BCUT2D eigenvalue weighted by Gasteiger charge is -2.31. The lowest BCUT2D eigenvalue weighted by Crippen LogP contribution is -2.39. The minimum Gasteiger partial charge on any atom is -0.393 e. The van der Waals surface area contributed by atoms with Crippen molar-refractivity contribution >= 4 is 5.91 Å². The number of aromatic amines is 1. The first-order valence-corrected chi connectivity index (χ1v) is 7.64. The van der Waals surface area contributed by atoms with Crippen molar-refractivity contribution in [2.24, 2.45) is 5.92 Å². The third kappa shape index (κ3) is 3.18. The second-order valence-corrected chi connectivity index (χ2v) is 6.07. The number of hydrogen-bond acceptors (Lipinski definition) is 5. The van der Waals surface area contributed by atoms with Crippen molar-refractivity contribution in [3.8, 4) is 0 Å². The van der Waals surface area contributed by atoms with E-state index in [1.54, 1.807) is 0 Å². The lowest BCUT2D eigenvalue weighted by molar-refractivity contribution is -0.134. The third-order valence-electron chi connectivity index (χ3n) is 4.71. The third-order valence-corrected chi connectivity index (χ3v) is 4.71. The fourth-order valence-electron chi connectivity index (χ4n) is 3.40. The van der Waals surface area contributed by atoms with Crippen LogP contribution in [0, 0.1) is 5.92 Å². The number of rotatable bonds is 3. The quantitative estimate of drug-likeness (QED) is 0.851. The van der Waals surface area contributed by atoms with Crippen LogP contribution in [0.3, 0.4) is 0 Å². The van der Waals surface area contributed by atoms with Crippen LogP contribution in [0.1, 0.15) is 50.3 Å². The topological polar surface area (TPSA) is 99.4 Å². The summed E-state index contributed by atoms with van der Waals surface area (Å²) in [6.45, 7) is 1.31. The zero-order valence-corrected chi connectivity index (χ0v) is 12.0.